The lowest BCUT2D eigenvalue weighted by atomic mass is 10.1. The molecule has 4 rings (SSSR count). The minimum atomic E-state index is 0.358. The van der Waals surface area contributed by atoms with Gasteiger partial charge < -0.3 is 9.05 Å². The van der Waals surface area contributed by atoms with Crippen molar-refractivity contribution in [3.05, 3.63) is 39.6 Å². The Hall–Kier alpha value is -2.19. The Bertz CT molecular complexity index is 947. The largest absolute Gasteiger partial charge is 0.361 e. The second kappa shape index (κ2) is 4.92. The summed E-state index contributed by atoms with van der Waals surface area (Å²) < 4.78 is 12.3. The molecule has 0 bridgehead atoms. The number of hydrogen-bond acceptors (Lipinski definition) is 7. The third kappa shape index (κ3) is 2.03. The van der Waals surface area contributed by atoms with Crippen LogP contribution in [0.5, 0.6) is 0 Å². The second-order valence-corrected chi connectivity index (χ2v) is 6.03. The van der Waals surface area contributed by atoms with Crippen molar-refractivity contribution in [2.45, 2.75) is 20.3 Å². The van der Waals surface area contributed by atoms with Crippen LogP contribution in [0.2, 0.25) is 5.15 Å². The van der Waals surface area contributed by atoms with Crippen molar-refractivity contribution in [3.8, 4) is 11.5 Å². The predicted octanol–water partition coefficient (Wildman–Crippen LogP) is 3.29. The van der Waals surface area contributed by atoms with Crippen molar-refractivity contribution < 1.29 is 9.05 Å². The monoisotopic (exact) mass is 335 g/mol. The molecule has 0 atom stereocenters. The van der Waals surface area contributed by atoms with Crippen molar-refractivity contribution in [3.63, 3.8) is 0 Å². The Kier molecular flexibility index (Phi) is 3.02. The topological polar surface area (TPSA) is 82.2 Å². The third-order valence-corrected chi connectivity index (χ3v) is 4.43. The van der Waals surface area contributed by atoms with Crippen LogP contribution in [-0.4, -0.2) is 24.7 Å². The Balaban J connectivity index is 1.72. The molecule has 9 heteroatoms. The molecule has 0 aliphatic carbocycles. The van der Waals surface area contributed by atoms with Crippen LogP contribution >= 0.6 is 22.9 Å². The van der Waals surface area contributed by atoms with Crippen LogP contribution in [0.1, 0.15) is 22.9 Å². The summed E-state index contributed by atoms with van der Waals surface area (Å²) in [5.41, 5.74) is 2.40. The van der Waals surface area contributed by atoms with E-state index in [0.29, 0.717) is 29.0 Å². The molecule has 0 fully saturated rings. The first-order chi connectivity index (χ1) is 10.6. The molecule has 112 valence electrons. The maximum atomic E-state index is 6.17. The summed E-state index contributed by atoms with van der Waals surface area (Å²) in [5.74, 6) is 1.64. The van der Waals surface area contributed by atoms with E-state index in [1.807, 2.05) is 29.8 Å². The number of halogens is 1. The zero-order valence-corrected chi connectivity index (χ0v) is 13.3. The number of hydrogen-bond donors (Lipinski definition) is 0. The minimum Gasteiger partial charge on any atom is -0.361 e. The van der Waals surface area contributed by atoms with Gasteiger partial charge in [-0.3, -0.25) is 4.40 Å². The molecular formula is C13H10ClN5O2S. The maximum absolute atomic E-state index is 6.17. The van der Waals surface area contributed by atoms with E-state index in [0.717, 1.165) is 22.0 Å². The highest BCUT2D eigenvalue weighted by Gasteiger charge is 2.20. The average Bonchev–Trinajstić information content (AvgIpc) is 3.21. The van der Waals surface area contributed by atoms with Crippen LogP contribution < -0.4 is 0 Å². The maximum Gasteiger partial charge on any atom is 0.231 e. The first kappa shape index (κ1) is 13.5. The van der Waals surface area contributed by atoms with Crippen LogP contribution in [-0.2, 0) is 6.42 Å². The van der Waals surface area contributed by atoms with E-state index in [2.05, 4.69) is 20.3 Å². The van der Waals surface area contributed by atoms with Crippen LogP contribution in [0.4, 0.5) is 0 Å². The van der Waals surface area contributed by atoms with E-state index in [-0.39, 0.29) is 0 Å². The van der Waals surface area contributed by atoms with E-state index in [9.17, 15) is 0 Å². The first-order valence-electron chi connectivity index (χ1n) is 6.49. The third-order valence-electron chi connectivity index (χ3n) is 3.41. The Morgan fingerprint density at radius 3 is 2.86 bits per heavy atom. The first-order valence-corrected chi connectivity index (χ1v) is 7.75. The van der Waals surface area contributed by atoms with Gasteiger partial charge in [-0.2, -0.15) is 4.98 Å². The SMILES string of the molecule is Cc1noc(C)c1Cc1nc(-c2c(Cl)nc3sccn23)no1. The number of fused-ring (bicyclic) bond motifs is 1. The quantitative estimate of drug-likeness (QED) is 0.571. The standard InChI is InChI=1S/C13H10ClN5O2S/c1-6-8(7(2)20-17-6)5-9-15-12(18-21-9)10-11(14)16-13-19(10)3-4-22-13/h3-4H,5H2,1-2H3. The minimum absolute atomic E-state index is 0.358. The number of aryl methyl sites for hydroxylation is 2. The Labute approximate surface area is 133 Å². The molecule has 0 spiro atoms. The van der Waals surface area contributed by atoms with Gasteiger partial charge in [0.15, 0.2) is 10.1 Å². The molecule has 0 saturated carbocycles. The van der Waals surface area contributed by atoms with Crippen molar-refractivity contribution >= 4 is 27.9 Å². The smallest absolute Gasteiger partial charge is 0.231 e. The van der Waals surface area contributed by atoms with Gasteiger partial charge in [0, 0.05) is 17.1 Å². The highest BCUT2D eigenvalue weighted by molar-refractivity contribution is 7.15. The zero-order chi connectivity index (χ0) is 15.3. The number of thiazole rings is 1. The van der Waals surface area contributed by atoms with Gasteiger partial charge in [0.1, 0.15) is 11.5 Å². The van der Waals surface area contributed by atoms with Gasteiger partial charge in [-0.15, -0.1) is 11.3 Å². The summed E-state index contributed by atoms with van der Waals surface area (Å²) in [6.07, 6.45) is 2.34. The van der Waals surface area contributed by atoms with Gasteiger partial charge in [-0.25, -0.2) is 4.98 Å². The number of imidazole rings is 1. The average molecular weight is 336 g/mol. The molecule has 0 aliphatic rings. The van der Waals surface area contributed by atoms with E-state index in [4.69, 9.17) is 20.6 Å². The highest BCUT2D eigenvalue weighted by Crippen LogP contribution is 2.29. The number of aromatic nitrogens is 5. The summed E-state index contributed by atoms with van der Waals surface area (Å²) >= 11 is 7.67. The fraction of sp³-hybridized carbons (Fsp3) is 0.231. The normalized spacial score (nSPS) is 11.6. The van der Waals surface area contributed by atoms with Gasteiger partial charge in [-0.1, -0.05) is 21.9 Å². The van der Waals surface area contributed by atoms with Crippen molar-refractivity contribution in [1.29, 1.82) is 0 Å². The van der Waals surface area contributed by atoms with E-state index >= 15 is 0 Å². The molecule has 0 aromatic carbocycles. The van der Waals surface area contributed by atoms with Crippen molar-refractivity contribution in [2.24, 2.45) is 0 Å². The van der Waals surface area contributed by atoms with Gasteiger partial charge in [0.05, 0.1) is 12.1 Å². The molecule has 0 aliphatic heterocycles. The Morgan fingerprint density at radius 2 is 2.09 bits per heavy atom. The number of rotatable bonds is 3. The van der Waals surface area contributed by atoms with E-state index in [1.165, 1.54) is 11.3 Å². The molecule has 0 unspecified atom stereocenters. The van der Waals surface area contributed by atoms with Gasteiger partial charge >= 0.3 is 0 Å². The van der Waals surface area contributed by atoms with Crippen molar-refractivity contribution in [2.75, 3.05) is 0 Å². The summed E-state index contributed by atoms with van der Waals surface area (Å²) in [6, 6.07) is 0. The zero-order valence-electron chi connectivity index (χ0n) is 11.7. The molecule has 4 aromatic heterocycles. The lowest BCUT2D eigenvalue weighted by Gasteiger charge is -1.93. The fourth-order valence-electron chi connectivity index (χ4n) is 2.29. The van der Waals surface area contributed by atoms with Gasteiger partial charge in [0.2, 0.25) is 11.7 Å². The van der Waals surface area contributed by atoms with Crippen LogP contribution in [0.25, 0.3) is 16.5 Å². The van der Waals surface area contributed by atoms with Crippen LogP contribution in [0.3, 0.4) is 0 Å². The number of nitrogens with zero attached hydrogens (tertiary/aromatic N) is 5. The summed E-state index contributed by atoms with van der Waals surface area (Å²) in [6.45, 7) is 3.74. The molecule has 0 N–H and O–H groups in total. The molecule has 0 radical (unpaired) electrons. The van der Waals surface area contributed by atoms with E-state index in [1.54, 1.807) is 0 Å². The second-order valence-electron chi connectivity index (χ2n) is 4.80. The molecule has 4 heterocycles. The Morgan fingerprint density at radius 1 is 1.23 bits per heavy atom. The molecule has 4 aromatic rings. The summed E-state index contributed by atoms with van der Waals surface area (Å²) in [5, 5.41) is 10.2. The molecule has 0 saturated heterocycles. The van der Waals surface area contributed by atoms with Gasteiger partial charge in [0.25, 0.3) is 0 Å². The summed E-state index contributed by atoms with van der Waals surface area (Å²) in [7, 11) is 0. The highest BCUT2D eigenvalue weighted by atomic mass is 35.5. The lowest BCUT2D eigenvalue weighted by molar-refractivity contribution is 0.381. The molecule has 7 nitrogen and oxygen atoms in total. The van der Waals surface area contributed by atoms with E-state index < -0.39 is 0 Å². The fourth-order valence-corrected chi connectivity index (χ4v) is 3.31. The van der Waals surface area contributed by atoms with Crippen molar-refractivity contribution in [1.82, 2.24) is 24.7 Å². The molecule has 22 heavy (non-hydrogen) atoms. The summed E-state index contributed by atoms with van der Waals surface area (Å²) in [4.78, 5) is 9.46. The lowest BCUT2D eigenvalue weighted by Crippen LogP contribution is -1.92. The molecular weight excluding hydrogens is 326 g/mol. The van der Waals surface area contributed by atoms with Crippen LogP contribution in [0, 0.1) is 13.8 Å². The van der Waals surface area contributed by atoms with Crippen LogP contribution in [0.15, 0.2) is 20.6 Å². The van der Waals surface area contributed by atoms with Gasteiger partial charge in [-0.05, 0) is 13.8 Å². The molecule has 0 amide bonds. The predicted molar refractivity (Wildman–Crippen MR) is 80.2 cm³/mol.